The summed E-state index contributed by atoms with van der Waals surface area (Å²) in [7, 11) is 1.59. The van der Waals surface area contributed by atoms with Crippen LogP contribution < -0.4 is 11.1 Å². The number of nitrogens with two attached hydrogens (primary N) is 1. The van der Waals surface area contributed by atoms with Crippen molar-refractivity contribution in [1.82, 2.24) is 10.2 Å². The molecule has 6 heteroatoms. The van der Waals surface area contributed by atoms with Crippen LogP contribution in [-0.4, -0.2) is 42.8 Å². The predicted molar refractivity (Wildman–Crippen MR) is 54.3 cm³/mol. The summed E-state index contributed by atoms with van der Waals surface area (Å²) < 4.78 is 5.02. The summed E-state index contributed by atoms with van der Waals surface area (Å²) in [6.45, 7) is 2.98. The lowest BCUT2D eigenvalue weighted by Crippen LogP contribution is -2.50. The number of carbonyl (C=O) groups is 2. The summed E-state index contributed by atoms with van der Waals surface area (Å²) in [6, 6.07) is -0.101. The lowest BCUT2D eigenvalue weighted by atomic mass is 9.93. The predicted octanol–water partition coefficient (Wildman–Crippen LogP) is 0.276. The fourth-order valence-electron chi connectivity index (χ4n) is 1.69. The highest BCUT2D eigenvalue weighted by Crippen LogP contribution is 2.25. The Hall–Kier alpha value is -1.46. The lowest BCUT2D eigenvalue weighted by Gasteiger charge is -2.38. The third-order valence-electron chi connectivity index (χ3n) is 2.67. The molecule has 1 heterocycles. The highest BCUT2D eigenvalue weighted by molar-refractivity contribution is 5.74. The third kappa shape index (κ3) is 3.00. The minimum atomic E-state index is -0.758. The normalized spacial score (nSPS) is 19.5. The van der Waals surface area contributed by atoms with Crippen LogP contribution in [0.5, 0.6) is 0 Å². The minimum Gasteiger partial charge on any atom is -0.443 e. The molecule has 1 aliphatic heterocycles. The number of carbonyl (C=O) groups excluding carboxylic acids is 2. The molecule has 15 heavy (non-hydrogen) atoms. The van der Waals surface area contributed by atoms with Crippen molar-refractivity contribution in [2.45, 2.75) is 25.4 Å². The van der Waals surface area contributed by atoms with Gasteiger partial charge in [-0.3, -0.25) is 0 Å². The summed E-state index contributed by atoms with van der Waals surface area (Å²) in [6.07, 6.45) is 0.470. The molecule has 86 valence electrons. The van der Waals surface area contributed by atoms with Crippen LogP contribution in [0.15, 0.2) is 0 Å². The molecule has 0 saturated carbocycles. The van der Waals surface area contributed by atoms with Gasteiger partial charge in [-0.05, 0) is 6.92 Å². The number of rotatable bonds is 1. The SMILES string of the molecule is CNC(=O)N1CCC(C)(OC(N)=O)CC1. The lowest BCUT2D eigenvalue weighted by molar-refractivity contribution is -0.0102. The van der Waals surface area contributed by atoms with Gasteiger partial charge in [0, 0.05) is 33.0 Å². The number of amides is 3. The van der Waals surface area contributed by atoms with Crippen LogP contribution >= 0.6 is 0 Å². The van der Waals surface area contributed by atoms with Gasteiger partial charge in [0.05, 0.1) is 0 Å². The van der Waals surface area contributed by atoms with Crippen molar-refractivity contribution in [1.29, 1.82) is 0 Å². The van der Waals surface area contributed by atoms with Gasteiger partial charge in [-0.25, -0.2) is 9.59 Å². The number of piperidine rings is 1. The van der Waals surface area contributed by atoms with E-state index in [0.29, 0.717) is 25.9 Å². The van der Waals surface area contributed by atoms with E-state index in [2.05, 4.69) is 5.32 Å². The first-order valence-corrected chi connectivity index (χ1v) is 4.92. The number of hydrogen-bond acceptors (Lipinski definition) is 3. The number of nitrogens with one attached hydrogen (secondary N) is 1. The Kier molecular flexibility index (Phi) is 3.39. The summed E-state index contributed by atoms with van der Waals surface area (Å²) in [5.41, 5.74) is 4.44. The van der Waals surface area contributed by atoms with Gasteiger partial charge < -0.3 is 20.7 Å². The van der Waals surface area contributed by atoms with E-state index < -0.39 is 11.7 Å². The molecular formula is C9H17N3O3. The van der Waals surface area contributed by atoms with Gasteiger partial charge in [0.15, 0.2) is 0 Å². The molecule has 0 radical (unpaired) electrons. The molecule has 1 aliphatic rings. The Morgan fingerprint density at radius 1 is 1.40 bits per heavy atom. The molecule has 3 amide bonds. The monoisotopic (exact) mass is 215 g/mol. The van der Waals surface area contributed by atoms with Crippen LogP contribution in [0.3, 0.4) is 0 Å². The summed E-state index contributed by atoms with van der Waals surface area (Å²) in [5.74, 6) is 0. The van der Waals surface area contributed by atoms with E-state index in [1.54, 1.807) is 11.9 Å². The number of urea groups is 1. The molecule has 0 spiro atoms. The van der Waals surface area contributed by atoms with Gasteiger partial charge in [0.2, 0.25) is 0 Å². The van der Waals surface area contributed by atoms with E-state index in [4.69, 9.17) is 10.5 Å². The molecule has 0 unspecified atom stereocenters. The molecule has 1 fully saturated rings. The second kappa shape index (κ2) is 4.37. The molecule has 0 bridgehead atoms. The van der Waals surface area contributed by atoms with E-state index in [-0.39, 0.29) is 6.03 Å². The summed E-state index contributed by atoms with van der Waals surface area (Å²) in [5, 5.41) is 2.56. The van der Waals surface area contributed by atoms with E-state index in [1.165, 1.54) is 0 Å². The standard InChI is InChI=1S/C9H17N3O3/c1-9(15-7(10)13)3-5-12(6-4-9)8(14)11-2/h3-6H2,1-2H3,(H2,10,13)(H,11,14). The van der Waals surface area contributed by atoms with Crippen LogP contribution in [0.1, 0.15) is 19.8 Å². The van der Waals surface area contributed by atoms with Crippen LogP contribution in [0.4, 0.5) is 9.59 Å². The largest absolute Gasteiger partial charge is 0.443 e. The fraction of sp³-hybridized carbons (Fsp3) is 0.778. The van der Waals surface area contributed by atoms with E-state index >= 15 is 0 Å². The van der Waals surface area contributed by atoms with Gasteiger partial charge in [0.25, 0.3) is 0 Å². The maximum atomic E-state index is 11.3. The number of nitrogens with zero attached hydrogens (tertiary/aromatic N) is 1. The zero-order chi connectivity index (χ0) is 11.5. The van der Waals surface area contributed by atoms with Crippen molar-refractivity contribution >= 4 is 12.1 Å². The molecule has 1 saturated heterocycles. The first kappa shape index (κ1) is 11.6. The van der Waals surface area contributed by atoms with E-state index in [0.717, 1.165) is 0 Å². The Morgan fingerprint density at radius 3 is 2.33 bits per heavy atom. The molecule has 1 rings (SSSR count). The van der Waals surface area contributed by atoms with Crippen molar-refractivity contribution < 1.29 is 14.3 Å². The first-order chi connectivity index (χ1) is 6.97. The van der Waals surface area contributed by atoms with Crippen molar-refractivity contribution in [2.75, 3.05) is 20.1 Å². The molecular weight excluding hydrogens is 198 g/mol. The zero-order valence-electron chi connectivity index (χ0n) is 9.08. The van der Waals surface area contributed by atoms with Gasteiger partial charge in [-0.15, -0.1) is 0 Å². The van der Waals surface area contributed by atoms with Crippen molar-refractivity contribution in [2.24, 2.45) is 5.73 Å². The topological polar surface area (TPSA) is 84.7 Å². The van der Waals surface area contributed by atoms with E-state index in [9.17, 15) is 9.59 Å². The van der Waals surface area contributed by atoms with Crippen molar-refractivity contribution in [3.05, 3.63) is 0 Å². The first-order valence-electron chi connectivity index (χ1n) is 4.92. The number of likely N-dealkylation sites (tertiary alicyclic amines) is 1. The zero-order valence-corrected chi connectivity index (χ0v) is 9.08. The van der Waals surface area contributed by atoms with Crippen LogP contribution in [0.2, 0.25) is 0 Å². The number of ether oxygens (including phenoxy) is 1. The molecule has 6 nitrogen and oxygen atoms in total. The maximum Gasteiger partial charge on any atom is 0.405 e. The number of hydrogen-bond donors (Lipinski definition) is 2. The van der Waals surface area contributed by atoms with Crippen LogP contribution in [0.25, 0.3) is 0 Å². The van der Waals surface area contributed by atoms with E-state index in [1.807, 2.05) is 6.92 Å². The fourth-order valence-corrected chi connectivity index (χ4v) is 1.69. The average molecular weight is 215 g/mol. The minimum absolute atomic E-state index is 0.101. The smallest absolute Gasteiger partial charge is 0.405 e. The molecule has 0 aliphatic carbocycles. The molecule has 0 aromatic heterocycles. The van der Waals surface area contributed by atoms with Gasteiger partial charge in [0.1, 0.15) is 5.60 Å². The summed E-state index contributed by atoms with van der Waals surface area (Å²) >= 11 is 0. The van der Waals surface area contributed by atoms with Gasteiger partial charge >= 0.3 is 12.1 Å². The highest BCUT2D eigenvalue weighted by atomic mass is 16.6. The summed E-state index contributed by atoms with van der Waals surface area (Å²) in [4.78, 5) is 23.6. The van der Waals surface area contributed by atoms with Gasteiger partial charge in [-0.2, -0.15) is 0 Å². The van der Waals surface area contributed by atoms with Crippen molar-refractivity contribution in [3.63, 3.8) is 0 Å². The quantitative estimate of drug-likeness (QED) is 0.658. The van der Waals surface area contributed by atoms with Crippen LogP contribution in [0, 0.1) is 0 Å². The second-order valence-electron chi connectivity index (χ2n) is 3.91. The number of primary amides is 1. The Balaban J connectivity index is 2.47. The Bertz CT molecular complexity index is 259. The van der Waals surface area contributed by atoms with Crippen LogP contribution in [-0.2, 0) is 4.74 Å². The molecule has 3 N–H and O–H groups in total. The molecule has 0 aromatic rings. The average Bonchev–Trinajstić information content (AvgIpc) is 2.16. The highest BCUT2D eigenvalue weighted by Gasteiger charge is 2.34. The second-order valence-corrected chi connectivity index (χ2v) is 3.91. The Morgan fingerprint density at radius 2 is 1.93 bits per heavy atom. The molecule has 0 aromatic carbocycles. The van der Waals surface area contributed by atoms with Crippen molar-refractivity contribution in [3.8, 4) is 0 Å². The third-order valence-corrected chi connectivity index (χ3v) is 2.67. The Labute approximate surface area is 88.7 Å². The van der Waals surface area contributed by atoms with Gasteiger partial charge in [-0.1, -0.05) is 0 Å². The maximum absolute atomic E-state index is 11.3. The molecule has 0 atom stereocenters.